The number of amides is 1. The number of aromatic amines is 1. The fraction of sp³-hybridized carbons (Fsp3) is 0.154. The van der Waals surface area contributed by atoms with Gasteiger partial charge in [-0.1, -0.05) is 23.8 Å². The Labute approximate surface area is 190 Å². The topological polar surface area (TPSA) is 96.3 Å². The molecule has 3 aromatic carbocycles. The molecule has 0 bridgehead atoms. The van der Waals surface area contributed by atoms with E-state index in [4.69, 9.17) is 0 Å². The molecule has 4 rings (SSSR count). The van der Waals surface area contributed by atoms with E-state index in [-0.39, 0.29) is 23.7 Å². The van der Waals surface area contributed by atoms with Gasteiger partial charge in [-0.25, -0.2) is 0 Å². The second kappa shape index (κ2) is 8.70. The van der Waals surface area contributed by atoms with Gasteiger partial charge >= 0.3 is 0 Å². The number of rotatable bonds is 5. The summed E-state index contributed by atoms with van der Waals surface area (Å²) in [5, 5.41) is 11.9. The van der Waals surface area contributed by atoms with Gasteiger partial charge in [-0.3, -0.25) is 19.7 Å². The van der Waals surface area contributed by atoms with E-state index in [1.165, 1.54) is 24.3 Å². The Hall–Kier alpha value is -4.26. The number of non-ortho nitro benzene ring substituents is 1. The lowest BCUT2D eigenvalue weighted by Crippen LogP contribution is -2.33. The highest BCUT2D eigenvalue weighted by Gasteiger charge is 2.22. The van der Waals surface area contributed by atoms with Crippen LogP contribution in [0.2, 0.25) is 0 Å². The molecule has 7 heteroatoms. The lowest BCUT2D eigenvalue weighted by atomic mass is 10.1. The van der Waals surface area contributed by atoms with Crippen LogP contribution in [0.25, 0.3) is 10.9 Å². The van der Waals surface area contributed by atoms with Crippen LogP contribution in [-0.2, 0) is 6.54 Å². The van der Waals surface area contributed by atoms with Crippen molar-refractivity contribution in [2.24, 2.45) is 0 Å². The Morgan fingerprint density at radius 1 is 0.939 bits per heavy atom. The normalized spacial score (nSPS) is 10.9. The van der Waals surface area contributed by atoms with E-state index in [1.807, 2.05) is 63.2 Å². The molecule has 0 aliphatic carbocycles. The van der Waals surface area contributed by atoms with E-state index in [0.29, 0.717) is 16.8 Å². The highest BCUT2D eigenvalue weighted by atomic mass is 16.6. The van der Waals surface area contributed by atoms with Crippen LogP contribution in [0.1, 0.15) is 32.6 Å². The smallest absolute Gasteiger partial charge is 0.269 e. The number of H-pyrrole nitrogens is 1. The Balaban J connectivity index is 1.81. The first kappa shape index (κ1) is 22.0. The van der Waals surface area contributed by atoms with Gasteiger partial charge in [-0.15, -0.1) is 0 Å². The van der Waals surface area contributed by atoms with Crippen LogP contribution in [0.15, 0.2) is 71.5 Å². The maximum atomic E-state index is 13.6. The zero-order valence-corrected chi connectivity index (χ0v) is 18.6. The van der Waals surface area contributed by atoms with E-state index in [1.54, 1.807) is 4.90 Å². The number of hydrogen-bond acceptors (Lipinski definition) is 4. The predicted molar refractivity (Wildman–Crippen MR) is 129 cm³/mol. The summed E-state index contributed by atoms with van der Waals surface area (Å²) in [5.74, 6) is -0.345. The van der Waals surface area contributed by atoms with Crippen molar-refractivity contribution in [3.8, 4) is 0 Å². The molecule has 0 atom stereocenters. The molecule has 33 heavy (non-hydrogen) atoms. The average Bonchev–Trinajstić information content (AvgIpc) is 2.79. The molecule has 0 fully saturated rings. The number of nitro groups is 1. The number of aryl methyl sites for hydroxylation is 3. The number of carbonyl (C=O) groups excluding carboxylic acids is 1. The van der Waals surface area contributed by atoms with E-state index in [9.17, 15) is 19.7 Å². The van der Waals surface area contributed by atoms with E-state index < -0.39 is 4.92 Å². The Kier molecular flexibility index (Phi) is 5.79. The van der Waals surface area contributed by atoms with Crippen LogP contribution in [0, 0.1) is 30.9 Å². The van der Waals surface area contributed by atoms with Crippen LogP contribution in [0.4, 0.5) is 11.4 Å². The van der Waals surface area contributed by atoms with Crippen molar-refractivity contribution in [2.45, 2.75) is 27.3 Å². The van der Waals surface area contributed by atoms with Crippen molar-refractivity contribution in [3.63, 3.8) is 0 Å². The molecular weight excluding hydrogens is 418 g/mol. The molecular formula is C26H23N3O4. The highest BCUT2D eigenvalue weighted by molar-refractivity contribution is 6.06. The summed E-state index contributed by atoms with van der Waals surface area (Å²) in [7, 11) is 0. The number of nitrogens with zero attached hydrogens (tertiary/aromatic N) is 2. The summed E-state index contributed by atoms with van der Waals surface area (Å²) in [5.41, 5.74) is 4.72. The number of anilines is 1. The molecule has 1 heterocycles. The molecule has 7 nitrogen and oxygen atoms in total. The van der Waals surface area contributed by atoms with Gasteiger partial charge in [0.15, 0.2) is 0 Å². The Morgan fingerprint density at radius 2 is 1.61 bits per heavy atom. The van der Waals surface area contributed by atoms with E-state index in [2.05, 4.69) is 4.98 Å². The van der Waals surface area contributed by atoms with E-state index >= 15 is 0 Å². The third-order valence-corrected chi connectivity index (χ3v) is 5.63. The second-order valence-corrected chi connectivity index (χ2v) is 8.20. The van der Waals surface area contributed by atoms with Crippen molar-refractivity contribution in [1.82, 2.24) is 4.98 Å². The standard InChI is InChI=1S/C26H23N3O4/c1-16-5-11-23-20(12-16)14-21(25(30)27-23)15-28(24-13-17(2)4-6-18(24)3)26(31)19-7-9-22(10-8-19)29(32)33/h4-14H,15H2,1-3H3,(H,27,30). The number of aromatic nitrogens is 1. The van der Waals surface area contributed by atoms with Gasteiger partial charge in [-0.2, -0.15) is 0 Å². The van der Waals surface area contributed by atoms with Crippen LogP contribution in [0.3, 0.4) is 0 Å². The summed E-state index contributed by atoms with van der Waals surface area (Å²) in [6, 6.07) is 18.8. The first-order valence-corrected chi connectivity index (χ1v) is 10.5. The van der Waals surface area contributed by atoms with Gasteiger partial charge in [0, 0.05) is 34.5 Å². The SMILES string of the molecule is Cc1ccc(C)c(N(Cc2cc3cc(C)ccc3[nH]c2=O)C(=O)c2ccc([N+](=O)[O-])cc2)c1. The van der Waals surface area contributed by atoms with Gasteiger partial charge in [0.2, 0.25) is 0 Å². The number of nitrogens with one attached hydrogen (secondary N) is 1. The molecule has 0 unspecified atom stereocenters. The third kappa shape index (κ3) is 4.52. The maximum absolute atomic E-state index is 13.6. The minimum absolute atomic E-state index is 0.0549. The largest absolute Gasteiger partial charge is 0.322 e. The molecule has 1 N–H and O–H groups in total. The van der Waals surface area contributed by atoms with Crippen molar-refractivity contribution < 1.29 is 9.72 Å². The monoisotopic (exact) mass is 441 g/mol. The minimum Gasteiger partial charge on any atom is -0.322 e. The number of benzene rings is 3. The molecule has 0 radical (unpaired) electrons. The molecule has 1 aromatic heterocycles. The van der Waals surface area contributed by atoms with Gasteiger partial charge in [0.05, 0.1) is 11.5 Å². The van der Waals surface area contributed by atoms with Crippen LogP contribution >= 0.6 is 0 Å². The fourth-order valence-corrected chi connectivity index (χ4v) is 3.82. The summed E-state index contributed by atoms with van der Waals surface area (Å²) in [6.07, 6.45) is 0. The summed E-state index contributed by atoms with van der Waals surface area (Å²) >= 11 is 0. The minimum atomic E-state index is -0.507. The van der Waals surface area contributed by atoms with Crippen molar-refractivity contribution in [3.05, 3.63) is 115 Å². The predicted octanol–water partition coefficient (Wildman–Crippen LogP) is 5.21. The van der Waals surface area contributed by atoms with Gasteiger partial charge in [0.1, 0.15) is 0 Å². The first-order valence-electron chi connectivity index (χ1n) is 10.5. The number of pyridine rings is 1. The van der Waals surface area contributed by atoms with Crippen LogP contribution in [0.5, 0.6) is 0 Å². The number of hydrogen-bond donors (Lipinski definition) is 1. The van der Waals surface area contributed by atoms with Gasteiger partial charge in [0.25, 0.3) is 17.2 Å². The van der Waals surface area contributed by atoms with Crippen molar-refractivity contribution in [1.29, 1.82) is 0 Å². The lowest BCUT2D eigenvalue weighted by Gasteiger charge is -2.25. The molecule has 0 saturated carbocycles. The van der Waals surface area contributed by atoms with Crippen LogP contribution < -0.4 is 10.5 Å². The molecule has 166 valence electrons. The quantitative estimate of drug-likeness (QED) is 0.340. The average molecular weight is 441 g/mol. The van der Waals surface area contributed by atoms with Crippen molar-refractivity contribution >= 4 is 28.2 Å². The van der Waals surface area contributed by atoms with E-state index in [0.717, 1.165) is 27.6 Å². The molecule has 4 aromatic rings. The number of nitro benzene ring substituents is 1. The Bertz CT molecular complexity index is 1440. The summed E-state index contributed by atoms with van der Waals surface area (Å²) in [6.45, 7) is 5.87. The molecule has 0 saturated heterocycles. The third-order valence-electron chi connectivity index (χ3n) is 5.63. The van der Waals surface area contributed by atoms with Crippen LogP contribution in [-0.4, -0.2) is 15.8 Å². The fourth-order valence-electron chi connectivity index (χ4n) is 3.82. The summed E-state index contributed by atoms with van der Waals surface area (Å²) in [4.78, 5) is 41.4. The van der Waals surface area contributed by atoms with Gasteiger partial charge in [-0.05, 0) is 73.7 Å². The first-order chi connectivity index (χ1) is 15.7. The number of fused-ring (bicyclic) bond motifs is 1. The molecule has 0 aliphatic rings. The summed E-state index contributed by atoms with van der Waals surface area (Å²) < 4.78 is 0. The lowest BCUT2D eigenvalue weighted by molar-refractivity contribution is -0.384. The van der Waals surface area contributed by atoms with Crippen molar-refractivity contribution in [2.75, 3.05) is 4.90 Å². The second-order valence-electron chi connectivity index (χ2n) is 8.20. The Morgan fingerprint density at radius 3 is 2.30 bits per heavy atom. The molecule has 0 aliphatic heterocycles. The molecule has 1 amide bonds. The molecule has 0 spiro atoms. The maximum Gasteiger partial charge on any atom is 0.269 e. The zero-order chi connectivity index (χ0) is 23.7. The number of carbonyl (C=O) groups is 1. The highest BCUT2D eigenvalue weighted by Crippen LogP contribution is 2.26. The zero-order valence-electron chi connectivity index (χ0n) is 18.6. The van der Waals surface area contributed by atoms with Gasteiger partial charge < -0.3 is 9.88 Å².